The number of rotatable bonds is 3. The van der Waals surface area contributed by atoms with E-state index in [1.165, 1.54) is 0 Å². The number of nitro benzene ring substituents is 1. The molecule has 17 heavy (non-hydrogen) atoms. The Balaban J connectivity index is 0.00000256. The third kappa shape index (κ3) is 2.66. The van der Waals surface area contributed by atoms with Crippen LogP contribution in [0.5, 0.6) is 0 Å². The maximum absolute atomic E-state index is 13.1. The number of carbonyl (C=O) groups is 1. The first-order valence-corrected chi connectivity index (χ1v) is 4.21. The van der Waals surface area contributed by atoms with Crippen molar-refractivity contribution in [3.8, 4) is 0 Å². The number of nitrogens with zero attached hydrogens (tertiary/aromatic N) is 1. The van der Waals surface area contributed by atoms with E-state index < -0.39 is 33.1 Å². The van der Waals surface area contributed by atoms with Crippen LogP contribution < -0.4 is 6.15 Å². The third-order valence-electron chi connectivity index (χ3n) is 1.78. The first-order chi connectivity index (χ1) is 7.28. The molecule has 94 valence electrons. The molecular weight excluding hydrogens is 262 g/mol. The number of alkyl halides is 2. The number of carboxylic acid groups (broad SMARTS) is 1. The van der Waals surface area contributed by atoms with Gasteiger partial charge in [-0.15, -0.1) is 0 Å². The summed E-state index contributed by atoms with van der Waals surface area (Å²) in [5, 5.41) is 17.8. The molecule has 0 fully saturated rings. The van der Waals surface area contributed by atoms with E-state index in [9.17, 15) is 23.7 Å². The minimum atomic E-state index is -4.26. The third-order valence-corrected chi connectivity index (χ3v) is 2.18. The standard InChI is InChI=1S/C8H4ClF2NO4.H3N/c9-6-4(8(10,11)7(13)14)2-1-3-5(6)12(15)16;/h1-3H,(H,13,14);1H3. The molecule has 0 aliphatic heterocycles. The number of hydrogen-bond donors (Lipinski definition) is 2. The van der Waals surface area contributed by atoms with Crippen molar-refractivity contribution in [2.75, 3.05) is 0 Å². The van der Waals surface area contributed by atoms with Gasteiger partial charge >= 0.3 is 11.9 Å². The van der Waals surface area contributed by atoms with Crippen LogP contribution in [0.2, 0.25) is 5.02 Å². The molecular formula is C8H7ClF2N2O4. The van der Waals surface area contributed by atoms with Crippen LogP contribution in [0.1, 0.15) is 5.56 Å². The van der Waals surface area contributed by atoms with Crippen LogP contribution in [0, 0.1) is 10.1 Å². The predicted octanol–water partition coefficient (Wildman–Crippen LogP) is 2.59. The van der Waals surface area contributed by atoms with Crippen LogP contribution in [0.15, 0.2) is 18.2 Å². The number of carboxylic acids is 1. The van der Waals surface area contributed by atoms with Gasteiger partial charge in [-0.1, -0.05) is 23.7 Å². The van der Waals surface area contributed by atoms with Crippen molar-refractivity contribution in [2.45, 2.75) is 5.92 Å². The second-order valence-corrected chi connectivity index (χ2v) is 3.15. The summed E-state index contributed by atoms with van der Waals surface area (Å²) in [6.45, 7) is 0. The van der Waals surface area contributed by atoms with Crippen LogP contribution in [0.4, 0.5) is 14.5 Å². The Hall–Kier alpha value is -1.80. The van der Waals surface area contributed by atoms with Gasteiger partial charge in [-0.05, 0) is 0 Å². The number of halogens is 3. The first-order valence-electron chi connectivity index (χ1n) is 3.83. The monoisotopic (exact) mass is 268 g/mol. The summed E-state index contributed by atoms with van der Waals surface area (Å²) in [7, 11) is 0. The Morgan fingerprint density at radius 1 is 1.47 bits per heavy atom. The van der Waals surface area contributed by atoms with Gasteiger partial charge in [-0.2, -0.15) is 8.78 Å². The van der Waals surface area contributed by atoms with E-state index >= 15 is 0 Å². The fourth-order valence-electron chi connectivity index (χ4n) is 1.02. The average molecular weight is 269 g/mol. The fraction of sp³-hybridized carbons (Fsp3) is 0.125. The second-order valence-electron chi connectivity index (χ2n) is 2.78. The van der Waals surface area contributed by atoms with Gasteiger partial charge in [0.2, 0.25) is 0 Å². The molecule has 0 bridgehead atoms. The zero-order valence-corrected chi connectivity index (χ0v) is 8.95. The molecule has 0 aliphatic rings. The van der Waals surface area contributed by atoms with Crippen molar-refractivity contribution in [2.24, 2.45) is 0 Å². The Morgan fingerprint density at radius 2 is 2.00 bits per heavy atom. The first kappa shape index (κ1) is 15.2. The van der Waals surface area contributed by atoms with E-state index in [0.29, 0.717) is 0 Å². The number of aliphatic carboxylic acids is 1. The lowest BCUT2D eigenvalue weighted by molar-refractivity contribution is -0.384. The van der Waals surface area contributed by atoms with Gasteiger partial charge in [-0.3, -0.25) is 10.1 Å². The van der Waals surface area contributed by atoms with Gasteiger partial charge in [-0.25, -0.2) is 4.79 Å². The van der Waals surface area contributed by atoms with Gasteiger partial charge < -0.3 is 11.3 Å². The highest BCUT2D eigenvalue weighted by molar-refractivity contribution is 6.33. The zero-order chi connectivity index (χ0) is 12.5. The van der Waals surface area contributed by atoms with Crippen molar-refractivity contribution in [3.05, 3.63) is 38.9 Å². The molecule has 6 nitrogen and oxygen atoms in total. The van der Waals surface area contributed by atoms with Crippen LogP contribution in [-0.4, -0.2) is 16.0 Å². The molecule has 0 aliphatic carbocycles. The quantitative estimate of drug-likeness (QED) is 0.645. The Labute approximate surface area is 98.5 Å². The lowest BCUT2D eigenvalue weighted by Gasteiger charge is -2.12. The Bertz CT molecular complexity index is 467. The topological polar surface area (TPSA) is 115 Å². The molecule has 0 heterocycles. The summed E-state index contributed by atoms with van der Waals surface area (Å²) in [5.41, 5.74) is -1.86. The van der Waals surface area contributed by atoms with Crippen molar-refractivity contribution >= 4 is 23.3 Å². The van der Waals surface area contributed by atoms with Crippen molar-refractivity contribution in [1.29, 1.82) is 0 Å². The van der Waals surface area contributed by atoms with Gasteiger partial charge in [0, 0.05) is 6.07 Å². The van der Waals surface area contributed by atoms with Crippen LogP contribution >= 0.6 is 11.6 Å². The lowest BCUT2D eigenvalue weighted by Crippen LogP contribution is -2.25. The van der Waals surface area contributed by atoms with E-state index in [1.54, 1.807) is 0 Å². The summed E-state index contributed by atoms with van der Waals surface area (Å²) >= 11 is 5.35. The molecule has 1 aromatic rings. The van der Waals surface area contributed by atoms with E-state index in [2.05, 4.69) is 0 Å². The van der Waals surface area contributed by atoms with Gasteiger partial charge in [0.15, 0.2) is 0 Å². The van der Waals surface area contributed by atoms with Crippen molar-refractivity contribution < 1.29 is 23.6 Å². The van der Waals surface area contributed by atoms with Gasteiger partial charge in [0.1, 0.15) is 5.02 Å². The lowest BCUT2D eigenvalue weighted by atomic mass is 10.1. The van der Waals surface area contributed by atoms with E-state index in [4.69, 9.17) is 16.7 Å². The molecule has 0 atom stereocenters. The molecule has 0 aromatic heterocycles. The van der Waals surface area contributed by atoms with E-state index in [0.717, 1.165) is 18.2 Å². The smallest absolute Gasteiger partial charge is 0.379 e. The number of nitro groups is 1. The molecule has 9 heteroatoms. The minimum Gasteiger partial charge on any atom is -0.477 e. The summed E-state index contributed by atoms with van der Waals surface area (Å²) in [6, 6.07) is 2.57. The molecule has 0 saturated heterocycles. The average Bonchev–Trinajstić information content (AvgIpc) is 2.16. The summed E-state index contributed by atoms with van der Waals surface area (Å²) in [4.78, 5) is 19.7. The summed E-state index contributed by atoms with van der Waals surface area (Å²) in [6.07, 6.45) is 0. The second kappa shape index (κ2) is 5.02. The molecule has 1 rings (SSSR count). The zero-order valence-electron chi connectivity index (χ0n) is 8.19. The summed E-state index contributed by atoms with van der Waals surface area (Å²) < 4.78 is 26.2. The highest BCUT2D eigenvalue weighted by Gasteiger charge is 2.44. The molecule has 1 aromatic carbocycles. The Kier molecular flexibility index (Phi) is 4.49. The normalized spacial score (nSPS) is 10.5. The SMILES string of the molecule is N.O=C(O)C(F)(F)c1cccc([N+](=O)[O-])c1Cl. The van der Waals surface area contributed by atoms with E-state index in [-0.39, 0.29) is 6.15 Å². The number of hydrogen-bond acceptors (Lipinski definition) is 4. The van der Waals surface area contributed by atoms with Crippen LogP contribution in [0.25, 0.3) is 0 Å². The Morgan fingerprint density at radius 3 is 2.41 bits per heavy atom. The molecule has 4 N–H and O–H groups in total. The van der Waals surface area contributed by atoms with Gasteiger partial charge in [0.05, 0.1) is 10.5 Å². The molecule has 0 radical (unpaired) electrons. The highest BCUT2D eigenvalue weighted by atomic mass is 35.5. The highest BCUT2D eigenvalue weighted by Crippen LogP contribution is 2.38. The molecule has 0 amide bonds. The molecule has 0 spiro atoms. The maximum Gasteiger partial charge on any atom is 0.379 e. The predicted molar refractivity (Wildman–Crippen MR) is 54.7 cm³/mol. The number of benzene rings is 1. The van der Waals surface area contributed by atoms with Crippen molar-refractivity contribution in [1.82, 2.24) is 6.15 Å². The van der Waals surface area contributed by atoms with Gasteiger partial charge in [0.25, 0.3) is 5.69 Å². The maximum atomic E-state index is 13.1. The minimum absolute atomic E-state index is 0. The fourth-order valence-corrected chi connectivity index (χ4v) is 1.33. The molecule has 0 unspecified atom stereocenters. The largest absolute Gasteiger partial charge is 0.477 e. The van der Waals surface area contributed by atoms with Crippen LogP contribution in [-0.2, 0) is 10.7 Å². The van der Waals surface area contributed by atoms with Crippen molar-refractivity contribution in [3.63, 3.8) is 0 Å². The summed E-state index contributed by atoms with van der Waals surface area (Å²) in [5.74, 6) is -6.68. The van der Waals surface area contributed by atoms with E-state index in [1.807, 2.05) is 0 Å². The van der Waals surface area contributed by atoms with Crippen LogP contribution in [0.3, 0.4) is 0 Å². The molecule has 0 saturated carbocycles.